The van der Waals surface area contributed by atoms with Gasteiger partial charge in [0.2, 0.25) is 0 Å². The van der Waals surface area contributed by atoms with Crippen LogP contribution in [0, 0.1) is 5.82 Å². The molecule has 1 heterocycles. The highest BCUT2D eigenvalue weighted by Gasteiger charge is 1.99. The third-order valence-electron chi connectivity index (χ3n) is 2.12. The fourth-order valence-corrected chi connectivity index (χ4v) is 1.42. The number of aromatic nitrogens is 2. The van der Waals surface area contributed by atoms with E-state index in [9.17, 15) is 4.39 Å². The lowest BCUT2D eigenvalue weighted by Crippen LogP contribution is -2.01. The highest BCUT2D eigenvalue weighted by molar-refractivity contribution is 5.58. The van der Waals surface area contributed by atoms with Crippen LogP contribution in [0.25, 0.3) is 0 Å². The van der Waals surface area contributed by atoms with Crippen molar-refractivity contribution in [3.05, 3.63) is 42.5 Å². The molecule has 0 saturated heterocycles. The molecule has 4 nitrogen and oxygen atoms in total. The highest BCUT2D eigenvalue weighted by Crippen LogP contribution is 2.16. The van der Waals surface area contributed by atoms with E-state index in [0.29, 0.717) is 11.5 Å². The van der Waals surface area contributed by atoms with Crippen molar-refractivity contribution in [3.63, 3.8) is 0 Å². The lowest BCUT2D eigenvalue weighted by molar-refractivity contribution is 0.628. The maximum atomic E-state index is 13.0. The predicted octanol–water partition coefficient (Wildman–Crippen LogP) is 2.79. The van der Waals surface area contributed by atoms with Gasteiger partial charge in [-0.15, -0.1) is 0 Å². The normalized spacial score (nSPS) is 10.0. The molecule has 0 aliphatic carbocycles. The Bertz CT molecular complexity index is 501. The van der Waals surface area contributed by atoms with Crippen LogP contribution in [0.5, 0.6) is 0 Å². The molecule has 0 saturated carbocycles. The van der Waals surface area contributed by atoms with Crippen molar-refractivity contribution < 1.29 is 4.39 Å². The van der Waals surface area contributed by atoms with Crippen LogP contribution in [-0.4, -0.2) is 16.5 Å². The van der Waals surface area contributed by atoms with Crippen LogP contribution in [-0.2, 0) is 0 Å². The van der Waals surface area contributed by atoms with Gasteiger partial charge in [-0.3, -0.25) is 0 Å². The lowest BCUT2D eigenvalue weighted by atomic mass is 10.3. The van der Waals surface area contributed by atoms with E-state index in [1.54, 1.807) is 18.2 Å². The molecular formula is C12H13FN4. The Hall–Kier alpha value is -2.17. The lowest BCUT2D eigenvalue weighted by Gasteiger charge is -2.07. The van der Waals surface area contributed by atoms with Gasteiger partial charge in [0, 0.05) is 18.3 Å². The maximum Gasteiger partial charge on any atom is 0.135 e. The molecule has 0 unspecified atom stereocenters. The number of nitrogens with zero attached hydrogens (tertiary/aromatic N) is 2. The summed E-state index contributed by atoms with van der Waals surface area (Å²) in [4.78, 5) is 8.11. The topological polar surface area (TPSA) is 49.8 Å². The van der Waals surface area contributed by atoms with Crippen molar-refractivity contribution in [2.24, 2.45) is 0 Å². The van der Waals surface area contributed by atoms with Crippen molar-refractivity contribution in [1.82, 2.24) is 9.97 Å². The summed E-state index contributed by atoms with van der Waals surface area (Å²) in [5.74, 6) is 1.08. The van der Waals surface area contributed by atoms with E-state index in [1.165, 1.54) is 18.5 Å². The van der Waals surface area contributed by atoms with Gasteiger partial charge in [0.05, 0.1) is 0 Å². The molecule has 2 N–H and O–H groups in total. The standard InChI is InChI=1S/C12H13FN4/c1-2-14-11-7-12(16-8-15-11)17-10-5-3-4-9(13)6-10/h3-8H,2H2,1H3,(H2,14,15,16,17). The summed E-state index contributed by atoms with van der Waals surface area (Å²) in [5, 5.41) is 6.09. The van der Waals surface area contributed by atoms with E-state index in [0.717, 1.165) is 12.4 Å². The SMILES string of the molecule is CCNc1cc(Nc2cccc(F)c2)ncn1. The van der Waals surface area contributed by atoms with Crippen LogP contribution in [0.15, 0.2) is 36.7 Å². The molecule has 0 radical (unpaired) electrons. The minimum absolute atomic E-state index is 0.282. The van der Waals surface area contributed by atoms with Crippen molar-refractivity contribution in [1.29, 1.82) is 0 Å². The smallest absolute Gasteiger partial charge is 0.135 e. The average molecular weight is 232 g/mol. The Morgan fingerprint density at radius 3 is 2.76 bits per heavy atom. The van der Waals surface area contributed by atoms with Gasteiger partial charge in [-0.2, -0.15) is 0 Å². The molecule has 17 heavy (non-hydrogen) atoms. The second-order valence-corrected chi connectivity index (χ2v) is 3.45. The van der Waals surface area contributed by atoms with Gasteiger partial charge in [-0.1, -0.05) is 6.07 Å². The zero-order valence-electron chi connectivity index (χ0n) is 9.44. The van der Waals surface area contributed by atoms with Crippen LogP contribution in [0.1, 0.15) is 6.92 Å². The second kappa shape index (κ2) is 5.25. The van der Waals surface area contributed by atoms with Crippen LogP contribution in [0.3, 0.4) is 0 Å². The minimum Gasteiger partial charge on any atom is -0.370 e. The van der Waals surface area contributed by atoms with E-state index in [1.807, 2.05) is 6.92 Å². The molecule has 88 valence electrons. The predicted molar refractivity (Wildman–Crippen MR) is 65.9 cm³/mol. The molecule has 0 aliphatic heterocycles. The van der Waals surface area contributed by atoms with E-state index in [4.69, 9.17) is 0 Å². The first kappa shape index (κ1) is 11.3. The number of anilines is 3. The molecule has 0 fully saturated rings. The number of hydrogen-bond donors (Lipinski definition) is 2. The average Bonchev–Trinajstić information content (AvgIpc) is 2.30. The van der Waals surface area contributed by atoms with Crippen LogP contribution in [0.2, 0.25) is 0 Å². The van der Waals surface area contributed by atoms with Crippen molar-refractivity contribution in [2.45, 2.75) is 6.92 Å². The quantitative estimate of drug-likeness (QED) is 0.851. The molecule has 0 amide bonds. The second-order valence-electron chi connectivity index (χ2n) is 3.45. The number of hydrogen-bond acceptors (Lipinski definition) is 4. The van der Waals surface area contributed by atoms with Crippen molar-refractivity contribution in [3.8, 4) is 0 Å². The summed E-state index contributed by atoms with van der Waals surface area (Å²) in [6, 6.07) is 8.00. The number of benzene rings is 1. The van der Waals surface area contributed by atoms with Gasteiger partial charge in [0.15, 0.2) is 0 Å². The van der Waals surface area contributed by atoms with E-state index in [2.05, 4.69) is 20.6 Å². The summed E-state index contributed by atoms with van der Waals surface area (Å²) in [6.45, 7) is 2.78. The third kappa shape index (κ3) is 3.14. The first-order valence-electron chi connectivity index (χ1n) is 5.36. The van der Waals surface area contributed by atoms with Gasteiger partial charge in [0.1, 0.15) is 23.8 Å². The van der Waals surface area contributed by atoms with Gasteiger partial charge in [-0.25, -0.2) is 14.4 Å². The molecular weight excluding hydrogens is 219 g/mol. The fourth-order valence-electron chi connectivity index (χ4n) is 1.42. The Kier molecular flexibility index (Phi) is 3.49. The highest BCUT2D eigenvalue weighted by atomic mass is 19.1. The Morgan fingerprint density at radius 2 is 2.00 bits per heavy atom. The summed E-state index contributed by atoms with van der Waals surface area (Å²) in [6.07, 6.45) is 1.46. The molecule has 2 rings (SSSR count). The van der Waals surface area contributed by atoms with Gasteiger partial charge in [0.25, 0.3) is 0 Å². The number of nitrogens with one attached hydrogen (secondary N) is 2. The first-order valence-corrected chi connectivity index (χ1v) is 5.36. The molecule has 0 bridgehead atoms. The van der Waals surface area contributed by atoms with Crippen LogP contribution < -0.4 is 10.6 Å². The molecule has 0 aliphatic rings. The summed E-state index contributed by atoms with van der Waals surface area (Å²) >= 11 is 0. The molecule has 1 aromatic heterocycles. The first-order chi connectivity index (χ1) is 8.28. The zero-order chi connectivity index (χ0) is 12.1. The number of rotatable bonds is 4. The van der Waals surface area contributed by atoms with Crippen molar-refractivity contribution in [2.75, 3.05) is 17.2 Å². The Labute approximate surface area is 98.9 Å². The summed E-state index contributed by atoms with van der Waals surface area (Å²) in [5.41, 5.74) is 0.658. The van der Waals surface area contributed by atoms with E-state index in [-0.39, 0.29) is 5.82 Å². The summed E-state index contributed by atoms with van der Waals surface area (Å²) in [7, 11) is 0. The van der Waals surface area contributed by atoms with Crippen LogP contribution in [0.4, 0.5) is 21.7 Å². The fraction of sp³-hybridized carbons (Fsp3) is 0.167. The van der Waals surface area contributed by atoms with Gasteiger partial charge < -0.3 is 10.6 Å². The monoisotopic (exact) mass is 232 g/mol. The molecule has 0 atom stereocenters. The van der Waals surface area contributed by atoms with Crippen molar-refractivity contribution >= 4 is 17.3 Å². The molecule has 2 aromatic rings. The number of halogens is 1. The molecule has 0 spiro atoms. The minimum atomic E-state index is -0.282. The van der Waals surface area contributed by atoms with Gasteiger partial charge >= 0.3 is 0 Å². The Morgan fingerprint density at radius 1 is 1.18 bits per heavy atom. The maximum absolute atomic E-state index is 13.0. The largest absolute Gasteiger partial charge is 0.370 e. The van der Waals surface area contributed by atoms with Gasteiger partial charge in [-0.05, 0) is 25.1 Å². The van der Waals surface area contributed by atoms with E-state index >= 15 is 0 Å². The summed E-state index contributed by atoms with van der Waals surface area (Å²) < 4.78 is 13.0. The zero-order valence-corrected chi connectivity index (χ0v) is 9.44. The van der Waals surface area contributed by atoms with Crippen LogP contribution >= 0.6 is 0 Å². The molecule has 1 aromatic carbocycles. The Balaban J connectivity index is 2.15. The molecule has 5 heteroatoms. The van der Waals surface area contributed by atoms with E-state index < -0.39 is 0 Å². The third-order valence-corrected chi connectivity index (χ3v) is 2.12.